The number of halogens is 2. The van der Waals surface area contributed by atoms with Gasteiger partial charge < -0.3 is 5.73 Å². The minimum Gasteiger partial charge on any atom is -0.319 e. The molecule has 82 valence electrons. The van der Waals surface area contributed by atoms with E-state index >= 15 is 0 Å². The Labute approximate surface area is 91.0 Å². The molecule has 0 saturated carbocycles. The van der Waals surface area contributed by atoms with Crippen molar-refractivity contribution in [2.75, 3.05) is 0 Å². The van der Waals surface area contributed by atoms with Crippen LogP contribution in [0.15, 0.2) is 36.8 Å². The molecule has 1 atom stereocenters. The van der Waals surface area contributed by atoms with Gasteiger partial charge in [-0.05, 0) is 23.8 Å². The molecule has 5 heteroatoms. The van der Waals surface area contributed by atoms with Crippen molar-refractivity contribution in [3.05, 3.63) is 59.7 Å². The van der Waals surface area contributed by atoms with Crippen LogP contribution >= 0.6 is 0 Å². The number of aromatic nitrogens is 2. The van der Waals surface area contributed by atoms with Crippen molar-refractivity contribution in [1.82, 2.24) is 9.97 Å². The molecule has 2 aromatic rings. The molecule has 2 rings (SSSR count). The maximum absolute atomic E-state index is 13.4. The molecule has 2 heterocycles. The van der Waals surface area contributed by atoms with Gasteiger partial charge in [-0.25, -0.2) is 8.78 Å². The summed E-state index contributed by atoms with van der Waals surface area (Å²) in [7, 11) is 0. The molecule has 0 bridgehead atoms. The Morgan fingerprint density at radius 1 is 1.25 bits per heavy atom. The van der Waals surface area contributed by atoms with Crippen molar-refractivity contribution in [3.8, 4) is 0 Å². The minimum atomic E-state index is -0.815. The highest BCUT2D eigenvalue weighted by Crippen LogP contribution is 2.19. The smallest absolute Gasteiger partial charge is 0.146 e. The Kier molecular flexibility index (Phi) is 2.87. The van der Waals surface area contributed by atoms with Crippen LogP contribution in [0.3, 0.4) is 0 Å². The van der Waals surface area contributed by atoms with Gasteiger partial charge in [-0.3, -0.25) is 9.97 Å². The zero-order valence-electron chi connectivity index (χ0n) is 8.27. The largest absolute Gasteiger partial charge is 0.319 e. The summed E-state index contributed by atoms with van der Waals surface area (Å²) < 4.78 is 26.3. The summed E-state index contributed by atoms with van der Waals surface area (Å²) in [5.41, 5.74) is 6.24. The van der Waals surface area contributed by atoms with Crippen LogP contribution in [0.2, 0.25) is 0 Å². The second-order valence-corrected chi connectivity index (χ2v) is 3.28. The topological polar surface area (TPSA) is 51.8 Å². The molecule has 0 fully saturated rings. The first-order chi connectivity index (χ1) is 7.68. The van der Waals surface area contributed by atoms with Gasteiger partial charge in [-0.1, -0.05) is 0 Å². The molecule has 0 aliphatic rings. The Morgan fingerprint density at radius 3 is 2.75 bits per heavy atom. The van der Waals surface area contributed by atoms with Crippen molar-refractivity contribution < 1.29 is 8.78 Å². The molecule has 2 N–H and O–H groups in total. The van der Waals surface area contributed by atoms with E-state index in [1.807, 2.05) is 0 Å². The van der Waals surface area contributed by atoms with Gasteiger partial charge in [0.05, 0.1) is 17.9 Å². The van der Waals surface area contributed by atoms with Crippen molar-refractivity contribution in [3.63, 3.8) is 0 Å². The summed E-state index contributed by atoms with van der Waals surface area (Å²) in [4.78, 5) is 7.49. The maximum atomic E-state index is 13.4. The van der Waals surface area contributed by atoms with E-state index in [4.69, 9.17) is 5.73 Å². The molecule has 0 saturated heterocycles. The molecule has 0 aliphatic heterocycles. The predicted molar refractivity (Wildman–Crippen MR) is 54.4 cm³/mol. The molecule has 0 spiro atoms. The van der Waals surface area contributed by atoms with Crippen molar-refractivity contribution in [2.24, 2.45) is 5.73 Å². The normalized spacial score (nSPS) is 12.4. The van der Waals surface area contributed by atoms with Crippen LogP contribution in [0.1, 0.15) is 17.3 Å². The summed E-state index contributed by atoms with van der Waals surface area (Å²) in [6.07, 6.45) is 3.89. The van der Waals surface area contributed by atoms with Crippen molar-refractivity contribution in [2.45, 2.75) is 6.04 Å². The molecular weight excluding hydrogens is 212 g/mol. The third kappa shape index (κ3) is 2.04. The number of hydrogen-bond acceptors (Lipinski definition) is 3. The lowest BCUT2D eigenvalue weighted by Gasteiger charge is -2.11. The predicted octanol–water partition coefficient (Wildman–Crippen LogP) is 1.80. The van der Waals surface area contributed by atoms with Crippen LogP contribution in [-0.2, 0) is 0 Å². The van der Waals surface area contributed by atoms with Crippen LogP contribution < -0.4 is 5.73 Å². The first-order valence-corrected chi connectivity index (χ1v) is 4.65. The third-order valence-corrected chi connectivity index (χ3v) is 2.17. The van der Waals surface area contributed by atoms with E-state index in [2.05, 4.69) is 9.97 Å². The summed E-state index contributed by atoms with van der Waals surface area (Å²) in [6, 6.07) is 3.13. The zero-order valence-corrected chi connectivity index (χ0v) is 8.27. The molecule has 2 aromatic heterocycles. The SMILES string of the molecule is NC(c1cncc(F)c1)c1ncccc1F. The van der Waals surface area contributed by atoms with Gasteiger partial charge in [-0.15, -0.1) is 0 Å². The Hall–Kier alpha value is -1.88. The van der Waals surface area contributed by atoms with Gasteiger partial charge >= 0.3 is 0 Å². The molecule has 16 heavy (non-hydrogen) atoms. The van der Waals surface area contributed by atoms with Gasteiger partial charge in [0.15, 0.2) is 0 Å². The fourth-order valence-corrected chi connectivity index (χ4v) is 1.38. The average Bonchev–Trinajstić information content (AvgIpc) is 2.29. The molecule has 0 aromatic carbocycles. The van der Waals surface area contributed by atoms with Crippen molar-refractivity contribution >= 4 is 0 Å². The van der Waals surface area contributed by atoms with Crippen LogP contribution in [0.5, 0.6) is 0 Å². The Morgan fingerprint density at radius 2 is 2.06 bits per heavy atom. The summed E-state index contributed by atoms with van der Waals surface area (Å²) in [5, 5.41) is 0. The molecular formula is C11H9F2N3. The number of nitrogens with two attached hydrogens (primary N) is 1. The first-order valence-electron chi connectivity index (χ1n) is 4.65. The van der Waals surface area contributed by atoms with E-state index in [1.165, 1.54) is 30.6 Å². The average molecular weight is 221 g/mol. The van der Waals surface area contributed by atoms with Gasteiger partial charge in [0.2, 0.25) is 0 Å². The van der Waals surface area contributed by atoms with E-state index < -0.39 is 17.7 Å². The third-order valence-electron chi connectivity index (χ3n) is 2.17. The second-order valence-electron chi connectivity index (χ2n) is 3.28. The highest BCUT2D eigenvalue weighted by atomic mass is 19.1. The standard InChI is InChI=1S/C11H9F2N3/c12-8-4-7(5-15-6-8)10(14)11-9(13)2-1-3-16-11/h1-6,10H,14H2. The molecule has 3 nitrogen and oxygen atoms in total. The van der Waals surface area contributed by atoms with E-state index in [-0.39, 0.29) is 5.69 Å². The lowest BCUT2D eigenvalue weighted by molar-refractivity contribution is 0.581. The second kappa shape index (κ2) is 4.32. The molecule has 1 unspecified atom stereocenters. The highest BCUT2D eigenvalue weighted by Gasteiger charge is 2.15. The lowest BCUT2D eigenvalue weighted by Crippen LogP contribution is -2.15. The summed E-state index contributed by atoms with van der Waals surface area (Å²) in [5.74, 6) is -1.02. The van der Waals surface area contributed by atoms with Gasteiger partial charge in [0.1, 0.15) is 11.6 Å². The quantitative estimate of drug-likeness (QED) is 0.841. The maximum Gasteiger partial charge on any atom is 0.146 e. The Bertz CT molecular complexity index is 502. The number of rotatable bonds is 2. The zero-order chi connectivity index (χ0) is 11.5. The summed E-state index contributed by atoms with van der Waals surface area (Å²) in [6.45, 7) is 0. The first kappa shape index (κ1) is 10.6. The molecule has 0 radical (unpaired) electrons. The minimum absolute atomic E-state index is 0.0786. The van der Waals surface area contributed by atoms with E-state index in [0.717, 1.165) is 6.20 Å². The molecule has 0 amide bonds. The number of nitrogens with zero attached hydrogens (tertiary/aromatic N) is 2. The molecule has 0 aliphatic carbocycles. The van der Waals surface area contributed by atoms with Crippen molar-refractivity contribution in [1.29, 1.82) is 0 Å². The van der Waals surface area contributed by atoms with Gasteiger partial charge in [-0.2, -0.15) is 0 Å². The fraction of sp³-hybridized carbons (Fsp3) is 0.0909. The highest BCUT2D eigenvalue weighted by molar-refractivity contribution is 5.25. The van der Waals surface area contributed by atoms with E-state index in [9.17, 15) is 8.78 Å². The van der Waals surface area contributed by atoms with Crippen LogP contribution in [0.4, 0.5) is 8.78 Å². The van der Waals surface area contributed by atoms with E-state index in [1.54, 1.807) is 0 Å². The van der Waals surface area contributed by atoms with Crippen LogP contribution in [-0.4, -0.2) is 9.97 Å². The van der Waals surface area contributed by atoms with Gasteiger partial charge in [0.25, 0.3) is 0 Å². The fourth-order valence-electron chi connectivity index (χ4n) is 1.38. The van der Waals surface area contributed by atoms with Crippen LogP contribution in [0.25, 0.3) is 0 Å². The monoisotopic (exact) mass is 221 g/mol. The lowest BCUT2D eigenvalue weighted by atomic mass is 10.1. The van der Waals surface area contributed by atoms with Crippen LogP contribution in [0, 0.1) is 11.6 Å². The number of pyridine rings is 2. The van der Waals surface area contributed by atoms with Gasteiger partial charge in [0, 0.05) is 12.4 Å². The number of hydrogen-bond donors (Lipinski definition) is 1. The summed E-state index contributed by atoms with van der Waals surface area (Å²) >= 11 is 0. The van der Waals surface area contributed by atoms with E-state index in [0.29, 0.717) is 5.56 Å². The Balaban J connectivity index is 2.39.